The number of hydrogen-bond acceptors (Lipinski definition) is 6. The summed E-state index contributed by atoms with van der Waals surface area (Å²) in [6.07, 6.45) is 9.80. The average molecular weight is 521 g/mol. The van der Waals surface area contributed by atoms with Crippen molar-refractivity contribution in [2.45, 2.75) is 93.7 Å². The van der Waals surface area contributed by atoms with Gasteiger partial charge in [-0.05, 0) is 58.8 Å². The number of ether oxygens (including phenoxy) is 1. The van der Waals surface area contributed by atoms with E-state index in [4.69, 9.17) is 4.74 Å². The van der Waals surface area contributed by atoms with Crippen molar-refractivity contribution in [3.8, 4) is 0 Å². The first-order valence-electron chi connectivity index (χ1n) is 13.5. The van der Waals surface area contributed by atoms with Crippen LogP contribution in [0.15, 0.2) is 25.3 Å². The highest BCUT2D eigenvalue weighted by Gasteiger charge is 2.77. The highest BCUT2D eigenvalue weighted by Crippen LogP contribution is 2.71. The number of rotatable bonds is 15. The maximum absolute atomic E-state index is 14.2. The first-order chi connectivity index (χ1) is 17.2. The molecule has 2 bridgehead atoms. The molecule has 3 unspecified atom stereocenters. The summed E-state index contributed by atoms with van der Waals surface area (Å²) in [4.78, 5) is 45.1. The first kappa shape index (κ1) is 28.8. The molecule has 3 fully saturated rings. The highest BCUT2D eigenvalue weighted by atomic mass is 32.2. The molecule has 1 N–H and O–H groups in total. The van der Waals surface area contributed by atoms with Crippen molar-refractivity contribution in [3.63, 3.8) is 0 Å². The summed E-state index contributed by atoms with van der Waals surface area (Å²) in [7, 11) is 0. The molecular formula is C28H44N2O5S. The summed E-state index contributed by atoms with van der Waals surface area (Å²) in [6, 6.07) is -0.640. The minimum atomic E-state index is -0.656. The first-order valence-corrected chi connectivity index (χ1v) is 14.3. The molecule has 2 amide bonds. The summed E-state index contributed by atoms with van der Waals surface area (Å²) in [5.74, 6) is -1.69. The lowest BCUT2D eigenvalue weighted by molar-refractivity contribution is -0.155. The zero-order valence-corrected chi connectivity index (χ0v) is 23.1. The Bertz CT molecular complexity index is 850. The molecule has 0 aromatic carbocycles. The fourth-order valence-electron chi connectivity index (χ4n) is 6.55. The van der Waals surface area contributed by atoms with Gasteiger partial charge in [-0.15, -0.1) is 24.9 Å². The molecule has 1 spiro atoms. The number of aliphatic hydroxyl groups is 1. The molecule has 3 rings (SSSR count). The van der Waals surface area contributed by atoms with Crippen molar-refractivity contribution in [2.24, 2.45) is 11.8 Å². The Morgan fingerprint density at radius 2 is 2.03 bits per heavy atom. The van der Waals surface area contributed by atoms with Gasteiger partial charge in [-0.1, -0.05) is 25.5 Å². The number of carbonyl (C=O) groups excluding carboxylic acids is 3. The van der Waals surface area contributed by atoms with Crippen LogP contribution in [0, 0.1) is 11.8 Å². The number of likely N-dealkylation sites (tertiary alicyclic amines) is 1. The van der Waals surface area contributed by atoms with Gasteiger partial charge in [0.05, 0.1) is 23.2 Å². The van der Waals surface area contributed by atoms with E-state index in [1.165, 1.54) is 0 Å². The van der Waals surface area contributed by atoms with E-state index in [2.05, 4.69) is 27.0 Å². The summed E-state index contributed by atoms with van der Waals surface area (Å²) in [5.41, 5.74) is 0. The Morgan fingerprint density at radius 1 is 1.28 bits per heavy atom. The summed E-state index contributed by atoms with van der Waals surface area (Å²) >= 11 is 1.66. The summed E-state index contributed by atoms with van der Waals surface area (Å²) in [5, 5.41) is 9.53. The molecule has 3 saturated heterocycles. The topological polar surface area (TPSA) is 87.1 Å². The van der Waals surface area contributed by atoms with Crippen LogP contribution in [0.25, 0.3) is 0 Å². The molecular weight excluding hydrogens is 476 g/mol. The van der Waals surface area contributed by atoms with Crippen LogP contribution in [0.4, 0.5) is 0 Å². The lowest BCUT2D eigenvalue weighted by Gasteiger charge is -2.39. The van der Waals surface area contributed by atoms with Gasteiger partial charge in [0.2, 0.25) is 11.8 Å². The molecule has 8 heteroatoms. The van der Waals surface area contributed by atoms with Crippen molar-refractivity contribution in [1.82, 2.24) is 9.80 Å². The second kappa shape index (κ2) is 12.2. The predicted octanol–water partition coefficient (Wildman–Crippen LogP) is 3.95. The molecule has 0 aliphatic carbocycles. The third-order valence-electron chi connectivity index (χ3n) is 8.22. The smallest absolute Gasteiger partial charge is 0.311 e. The molecule has 0 aromatic rings. The van der Waals surface area contributed by atoms with Crippen LogP contribution < -0.4 is 0 Å². The fourth-order valence-corrected chi connectivity index (χ4v) is 8.89. The molecule has 3 aliphatic heterocycles. The van der Waals surface area contributed by atoms with Crippen LogP contribution in [0.5, 0.6) is 0 Å². The van der Waals surface area contributed by atoms with Crippen LogP contribution in [-0.4, -0.2) is 80.6 Å². The predicted molar refractivity (Wildman–Crippen MR) is 143 cm³/mol. The molecule has 202 valence electrons. The van der Waals surface area contributed by atoms with Crippen LogP contribution in [0.1, 0.15) is 72.1 Å². The van der Waals surface area contributed by atoms with E-state index in [1.54, 1.807) is 22.7 Å². The van der Waals surface area contributed by atoms with Gasteiger partial charge in [-0.2, -0.15) is 0 Å². The van der Waals surface area contributed by atoms with Crippen LogP contribution in [0.3, 0.4) is 0 Å². The van der Waals surface area contributed by atoms with E-state index in [0.717, 1.165) is 38.5 Å². The van der Waals surface area contributed by atoms with Gasteiger partial charge < -0.3 is 19.6 Å². The Kier molecular flexibility index (Phi) is 9.72. The van der Waals surface area contributed by atoms with Gasteiger partial charge in [0.1, 0.15) is 6.04 Å². The minimum Gasteiger partial charge on any atom is -0.465 e. The van der Waals surface area contributed by atoms with Crippen molar-refractivity contribution < 1.29 is 24.2 Å². The van der Waals surface area contributed by atoms with Gasteiger partial charge in [0.15, 0.2) is 0 Å². The summed E-state index contributed by atoms with van der Waals surface area (Å²) < 4.78 is 4.62. The number of hydrogen-bond donors (Lipinski definition) is 1. The molecule has 0 aromatic heterocycles. The number of esters is 1. The highest BCUT2D eigenvalue weighted by molar-refractivity contribution is 8.02. The molecule has 3 aliphatic rings. The molecule has 36 heavy (non-hydrogen) atoms. The number of fused-ring (bicyclic) bond motifs is 1. The zero-order valence-electron chi connectivity index (χ0n) is 22.2. The molecule has 3 heterocycles. The van der Waals surface area contributed by atoms with E-state index in [9.17, 15) is 19.5 Å². The Labute approximate surface area is 220 Å². The zero-order chi connectivity index (χ0) is 26.5. The number of allylic oxidation sites excluding steroid dienone is 1. The second-order valence-corrected chi connectivity index (χ2v) is 12.6. The summed E-state index contributed by atoms with van der Waals surface area (Å²) in [6.45, 7) is 14.8. The van der Waals surface area contributed by atoms with Gasteiger partial charge >= 0.3 is 5.97 Å². The van der Waals surface area contributed by atoms with Gasteiger partial charge in [0.25, 0.3) is 0 Å². The lowest BCUT2D eigenvalue weighted by atomic mass is 9.66. The quantitative estimate of drug-likeness (QED) is 0.200. The van der Waals surface area contributed by atoms with Crippen molar-refractivity contribution in [1.29, 1.82) is 0 Å². The monoisotopic (exact) mass is 520 g/mol. The van der Waals surface area contributed by atoms with Gasteiger partial charge in [-0.25, -0.2) is 0 Å². The number of thioether (sulfide) groups is 1. The normalized spacial score (nSPS) is 31.3. The molecule has 0 radical (unpaired) electrons. The standard InChI is InChI=1S/C28H44N2O5S/c1-6-9-10-11-19-35-26(34)22-21-24(32)30(17-12-18-31)23(28(21)15-14-27(22,5)36-28)25(33)29(16-8-3)20(4)13-7-2/h6,8,20-23,31H,1,3,7,9-19H2,2,4-5H3/t20?,21-,22-,23?,27+,28?/m0/s1. The van der Waals surface area contributed by atoms with E-state index in [-0.39, 0.29) is 30.4 Å². The molecule has 6 atom stereocenters. The Hall–Kier alpha value is -1.80. The Balaban J connectivity index is 1.94. The maximum Gasteiger partial charge on any atom is 0.311 e. The van der Waals surface area contributed by atoms with Gasteiger partial charge in [-0.3, -0.25) is 14.4 Å². The fraction of sp³-hybridized carbons (Fsp3) is 0.750. The van der Waals surface area contributed by atoms with Crippen LogP contribution in [-0.2, 0) is 19.1 Å². The number of carbonyl (C=O) groups is 3. The second-order valence-electron chi connectivity index (χ2n) is 10.7. The van der Waals surface area contributed by atoms with E-state index < -0.39 is 27.4 Å². The molecule has 7 nitrogen and oxygen atoms in total. The number of aliphatic hydroxyl groups excluding tert-OH is 1. The van der Waals surface area contributed by atoms with Crippen molar-refractivity contribution in [3.05, 3.63) is 25.3 Å². The maximum atomic E-state index is 14.2. The van der Waals surface area contributed by atoms with E-state index in [0.29, 0.717) is 32.5 Å². The largest absolute Gasteiger partial charge is 0.465 e. The Morgan fingerprint density at radius 3 is 2.67 bits per heavy atom. The number of amides is 2. The van der Waals surface area contributed by atoms with Crippen LogP contribution >= 0.6 is 11.8 Å². The van der Waals surface area contributed by atoms with E-state index >= 15 is 0 Å². The van der Waals surface area contributed by atoms with Crippen molar-refractivity contribution in [2.75, 3.05) is 26.3 Å². The number of nitrogens with zero attached hydrogens (tertiary/aromatic N) is 2. The third-order valence-corrected chi connectivity index (χ3v) is 10.2. The lowest BCUT2D eigenvalue weighted by Crippen LogP contribution is -2.56. The average Bonchev–Trinajstić information content (AvgIpc) is 3.41. The van der Waals surface area contributed by atoms with Gasteiger partial charge in [0, 0.05) is 30.5 Å². The SMILES string of the molecule is C=CCCCCOC(=O)[C@@H]1[C@H]2C(=O)N(CCCO)C(C(=O)N(CC=C)C(C)CCC)C23CC[C@@]1(C)S3. The molecule has 0 saturated carbocycles. The van der Waals surface area contributed by atoms with E-state index in [1.807, 2.05) is 17.9 Å². The third kappa shape index (κ3) is 5.13. The number of unbranched alkanes of at least 4 members (excludes halogenated alkanes) is 2. The van der Waals surface area contributed by atoms with Crippen molar-refractivity contribution >= 4 is 29.5 Å². The minimum absolute atomic E-state index is 0.0151. The van der Waals surface area contributed by atoms with Crippen LogP contribution in [0.2, 0.25) is 0 Å².